The molecular formula is C15H30N2O. The molecule has 18 heavy (non-hydrogen) atoms. The number of hydrogen-bond acceptors (Lipinski definition) is 3. The fraction of sp³-hybridized carbons (Fsp3) is 1.00. The Hall–Kier alpha value is -0.120. The van der Waals surface area contributed by atoms with E-state index < -0.39 is 0 Å². The molecule has 0 aromatic rings. The number of morpholine rings is 1. The summed E-state index contributed by atoms with van der Waals surface area (Å²) < 4.78 is 6.05. The van der Waals surface area contributed by atoms with Gasteiger partial charge in [-0.3, -0.25) is 0 Å². The molecule has 0 aromatic heterocycles. The highest BCUT2D eigenvalue weighted by molar-refractivity contribution is 4.93. The van der Waals surface area contributed by atoms with Crippen LogP contribution >= 0.6 is 0 Å². The van der Waals surface area contributed by atoms with Crippen molar-refractivity contribution in [1.82, 2.24) is 10.2 Å². The normalized spacial score (nSPS) is 33.5. The quantitative estimate of drug-likeness (QED) is 0.833. The standard InChI is InChI=1S/C15H30N2O/c1-13(2)6-10-17(3)14-4-7-15(8-5-14)12-16-9-11-18-15/h13-14,16H,4-12H2,1-3H3. The first-order valence-electron chi connectivity index (χ1n) is 7.66. The second-order valence-electron chi connectivity index (χ2n) is 6.60. The molecule has 1 aliphatic carbocycles. The number of ether oxygens (including phenoxy) is 1. The van der Waals surface area contributed by atoms with Crippen molar-refractivity contribution in [2.45, 2.75) is 57.6 Å². The van der Waals surface area contributed by atoms with E-state index in [0.717, 1.165) is 31.7 Å². The zero-order valence-electron chi connectivity index (χ0n) is 12.4. The predicted molar refractivity (Wildman–Crippen MR) is 75.9 cm³/mol. The summed E-state index contributed by atoms with van der Waals surface area (Å²) in [5.74, 6) is 0.813. The summed E-state index contributed by atoms with van der Waals surface area (Å²) in [7, 11) is 2.30. The Bertz CT molecular complexity index is 239. The summed E-state index contributed by atoms with van der Waals surface area (Å²) >= 11 is 0. The molecular weight excluding hydrogens is 224 g/mol. The minimum Gasteiger partial charge on any atom is -0.372 e. The van der Waals surface area contributed by atoms with Gasteiger partial charge in [0.05, 0.1) is 12.2 Å². The third-order valence-corrected chi connectivity index (χ3v) is 4.68. The first-order chi connectivity index (χ1) is 8.61. The summed E-state index contributed by atoms with van der Waals surface area (Å²) in [6.07, 6.45) is 6.39. The number of rotatable bonds is 4. The van der Waals surface area contributed by atoms with Crippen LogP contribution in [0.15, 0.2) is 0 Å². The molecule has 0 unspecified atom stereocenters. The molecule has 2 aliphatic rings. The molecule has 0 aromatic carbocycles. The minimum absolute atomic E-state index is 0.174. The highest BCUT2D eigenvalue weighted by atomic mass is 16.5. The van der Waals surface area contributed by atoms with Crippen LogP contribution in [-0.4, -0.2) is 49.8 Å². The molecule has 106 valence electrons. The summed E-state index contributed by atoms with van der Waals surface area (Å²) in [6.45, 7) is 8.85. The maximum Gasteiger partial charge on any atom is 0.0808 e. The molecule has 0 atom stereocenters. The fourth-order valence-electron chi connectivity index (χ4n) is 3.24. The van der Waals surface area contributed by atoms with Crippen molar-refractivity contribution in [3.05, 3.63) is 0 Å². The highest BCUT2D eigenvalue weighted by Gasteiger charge is 2.38. The van der Waals surface area contributed by atoms with E-state index in [0.29, 0.717) is 0 Å². The van der Waals surface area contributed by atoms with Crippen LogP contribution in [0.3, 0.4) is 0 Å². The Morgan fingerprint density at radius 2 is 2.06 bits per heavy atom. The smallest absolute Gasteiger partial charge is 0.0808 e. The molecule has 0 bridgehead atoms. The van der Waals surface area contributed by atoms with E-state index in [1.54, 1.807) is 0 Å². The zero-order chi connectivity index (χ0) is 13.0. The van der Waals surface area contributed by atoms with Gasteiger partial charge < -0.3 is 15.0 Å². The van der Waals surface area contributed by atoms with Crippen LogP contribution in [0, 0.1) is 5.92 Å². The molecule has 1 saturated heterocycles. The van der Waals surface area contributed by atoms with Gasteiger partial charge in [-0.25, -0.2) is 0 Å². The Labute approximate surface area is 112 Å². The van der Waals surface area contributed by atoms with Gasteiger partial charge in [-0.15, -0.1) is 0 Å². The van der Waals surface area contributed by atoms with Gasteiger partial charge in [-0.2, -0.15) is 0 Å². The Kier molecular flexibility index (Phi) is 5.05. The van der Waals surface area contributed by atoms with Gasteiger partial charge in [0.25, 0.3) is 0 Å². The number of hydrogen-bond donors (Lipinski definition) is 1. The van der Waals surface area contributed by atoms with Gasteiger partial charge in [0.15, 0.2) is 0 Å². The van der Waals surface area contributed by atoms with E-state index in [1.807, 2.05) is 0 Å². The minimum atomic E-state index is 0.174. The van der Waals surface area contributed by atoms with E-state index in [2.05, 4.69) is 31.1 Å². The molecule has 1 heterocycles. The molecule has 1 aliphatic heterocycles. The van der Waals surface area contributed by atoms with Crippen LogP contribution < -0.4 is 5.32 Å². The first kappa shape index (κ1) is 14.3. The summed E-state index contributed by atoms with van der Waals surface area (Å²) in [5.41, 5.74) is 0.174. The van der Waals surface area contributed by atoms with Crippen LogP contribution in [0.5, 0.6) is 0 Å². The van der Waals surface area contributed by atoms with Gasteiger partial charge >= 0.3 is 0 Å². The third kappa shape index (κ3) is 3.69. The van der Waals surface area contributed by atoms with Gasteiger partial charge in [0.1, 0.15) is 0 Å². The van der Waals surface area contributed by atoms with Crippen LogP contribution in [0.25, 0.3) is 0 Å². The Balaban J connectivity index is 1.75. The SMILES string of the molecule is CC(C)CCN(C)C1CCC2(CC1)CNCCO2. The van der Waals surface area contributed by atoms with Crippen molar-refractivity contribution in [2.24, 2.45) is 5.92 Å². The van der Waals surface area contributed by atoms with Crippen LogP contribution in [0.4, 0.5) is 0 Å². The largest absolute Gasteiger partial charge is 0.372 e. The van der Waals surface area contributed by atoms with Gasteiger partial charge in [0.2, 0.25) is 0 Å². The summed E-state index contributed by atoms with van der Waals surface area (Å²) in [6, 6.07) is 0.778. The third-order valence-electron chi connectivity index (χ3n) is 4.68. The van der Waals surface area contributed by atoms with Crippen molar-refractivity contribution in [1.29, 1.82) is 0 Å². The lowest BCUT2D eigenvalue weighted by Crippen LogP contribution is -2.53. The Morgan fingerprint density at radius 1 is 1.33 bits per heavy atom. The average molecular weight is 254 g/mol. The summed E-state index contributed by atoms with van der Waals surface area (Å²) in [4.78, 5) is 2.57. The topological polar surface area (TPSA) is 24.5 Å². The van der Waals surface area contributed by atoms with Crippen molar-refractivity contribution in [3.8, 4) is 0 Å². The maximum absolute atomic E-state index is 6.05. The lowest BCUT2D eigenvalue weighted by atomic mass is 9.80. The Morgan fingerprint density at radius 3 is 2.61 bits per heavy atom. The maximum atomic E-state index is 6.05. The predicted octanol–water partition coefficient (Wildman–Crippen LogP) is 2.27. The summed E-state index contributed by atoms with van der Waals surface area (Å²) in [5, 5.41) is 3.49. The van der Waals surface area contributed by atoms with E-state index >= 15 is 0 Å². The van der Waals surface area contributed by atoms with E-state index in [9.17, 15) is 0 Å². The van der Waals surface area contributed by atoms with Crippen molar-refractivity contribution in [2.75, 3.05) is 33.3 Å². The van der Waals surface area contributed by atoms with E-state index in [4.69, 9.17) is 4.74 Å². The molecule has 1 N–H and O–H groups in total. The van der Waals surface area contributed by atoms with Crippen LogP contribution in [0.1, 0.15) is 46.0 Å². The zero-order valence-corrected chi connectivity index (χ0v) is 12.4. The fourth-order valence-corrected chi connectivity index (χ4v) is 3.24. The molecule has 3 nitrogen and oxygen atoms in total. The molecule has 2 fully saturated rings. The lowest BCUT2D eigenvalue weighted by molar-refractivity contribution is -0.0971. The molecule has 3 heteroatoms. The molecule has 0 amide bonds. The van der Waals surface area contributed by atoms with Gasteiger partial charge in [-0.05, 0) is 51.6 Å². The van der Waals surface area contributed by atoms with Gasteiger partial charge in [0, 0.05) is 19.1 Å². The monoisotopic (exact) mass is 254 g/mol. The molecule has 2 rings (SSSR count). The molecule has 1 saturated carbocycles. The first-order valence-corrected chi connectivity index (χ1v) is 7.66. The van der Waals surface area contributed by atoms with Gasteiger partial charge in [-0.1, -0.05) is 13.8 Å². The highest BCUT2D eigenvalue weighted by Crippen LogP contribution is 2.34. The molecule has 1 spiro atoms. The molecule has 0 radical (unpaired) electrons. The second-order valence-corrected chi connectivity index (χ2v) is 6.60. The number of nitrogens with one attached hydrogen (secondary N) is 1. The van der Waals surface area contributed by atoms with E-state index in [1.165, 1.54) is 38.6 Å². The van der Waals surface area contributed by atoms with Crippen molar-refractivity contribution >= 4 is 0 Å². The lowest BCUT2D eigenvalue weighted by Gasteiger charge is -2.44. The van der Waals surface area contributed by atoms with Crippen LogP contribution in [0.2, 0.25) is 0 Å². The van der Waals surface area contributed by atoms with E-state index in [-0.39, 0.29) is 5.60 Å². The average Bonchev–Trinajstić information content (AvgIpc) is 2.38. The van der Waals surface area contributed by atoms with Crippen molar-refractivity contribution < 1.29 is 4.74 Å². The van der Waals surface area contributed by atoms with Crippen molar-refractivity contribution in [3.63, 3.8) is 0 Å². The van der Waals surface area contributed by atoms with Crippen LogP contribution in [-0.2, 0) is 4.74 Å². The second kappa shape index (κ2) is 6.36. The number of nitrogens with zero attached hydrogens (tertiary/aromatic N) is 1.